The molecule has 2 aromatic rings. The smallest absolute Gasteiger partial charge is 0.127 e. The van der Waals surface area contributed by atoms with Crippen molar-refractivity contribution < 1.29 is 9.84 Å². The molecule has 0 aliphatic carbocycles. The lowest BCUT2D eigenvalue weighted by Gasteiger charge is -2.31. The summed E-state index contributed by atoms with van der Waals surface area (Å²) in [6.45, 7) is 4.18. The highest BCUT2D eigenvalue weighted by Gasteiger charge is 2.28. The van der Waals surface area contributed by atoms with Crippen LogP contribution in [0.4, 0.5) is 0 Å². The van der Waals surface area contributed by atoms with Gasteiger partial charge in [-0.1, -0.05) is 42.8 Å². The molecule has 0 amide bonds. The van der Waals surface area contributed by atoms with Gasteiger partial charge in [-0.2, -0.15) is 0 Å². The topological polar surface area (TPSA) is 29.5 Å². The van der Waals surface area contributed by atoms with Crippen LogP contribution in [0.15, 0.2) is 42.5 Å². The van der Waals surface area contributed by atoms with Crippen molar-refractivity contribution in [1.82, 2.24) is 0 Å². The Labute approximate surface area is 120 Å². The van der Waals surface area contributed by atoms with Crippen LogP contribution in [0.3, 0.4) is 0 Å². The number of ether oxygens (including phenoxy) is 1. The molecule has 20 heavy (non-hydrogen) atoms. The van der Waals surface area contributed by atoms with Crippen molar-refractivity contribution >= 4 is 0 Å². The molecule has 3 rings (SSSR count). The van der Waals surface area contributed by atoms with Crippen LogP contribution in [0, 0.1) is 6.92 Å². The first-order valence-corrected chi connectivity index (χ1v) is 7.22. The van der Waals surface area contributed by atoms with Crippen LogP contribution >= 0.6 is 0 Å². The van der Waals surface area contributed by atoms with Gasteiger partial charge < -0.3 is 9.84 Å². The number of hydrogen-bond donors (Lipinski definition) is 1. The van der Waals surface area contributed by atoms with Crippen molar-refractivity contribution in [3.8, 4) is 5.75 Å². The minimum absolute atomic E-state index is 0.0589. The number of aryl methyl sites for hydroxylation is 2. The normalized spacial score (nSPS) is 21.1. The van der Waals surface area contributed by atoms with Gasteiger partial charge >= 0.3 is 0 Å². The van der Waals surface area contributed by atoms with Crippen LogP contribution in [0.2, 0.25) is 0 Å². The molecule has 104 valence electrons. The molecular formula is C18H20O2. The summed E-state index contributed by atoms with van der Waals surface area (Å²) in [4.78, 5) is 0. The van der Waals surface area contributed by atoms with E-state index in [0.29, 0.717) is 6.42 Å². The standard InChI is InChI=1S/C18H20O2/c1-3-13-6-4-5-7-14(13)18-11-16(19)15-10-12(2)8-9-17(15)20-18/h4-10,16,18-19H,3,11H2,1-2H3/t16-,18?/m0/s1. The van der Waals surface area contributed by atoms with Crippen LogP contribution in [0.1, 0.15) is 47.8 Å². The van der Waals surface area contributed by atoms with E-state index >= 15 is 0 Å². The van der Waals surface area contributed by atoms with Crippen LogP contribution in [0.25, 0.3) is 0 Å². The predicted octanol–water partition coefficient (Wildman–Crippen LogP) is 4.11. The molecule has 0 bridgehead atoms. The molecule has 0 saturated heterocycles. The van der Waals surface area contributed by atoms with E-state index in [-0.39, 0.29) is 6.10 Å². The number of aliphatic hydroxyl groups is 1. The van der Waals surface area contributed by atoms with E-state index < -0.39 is 6.10 Å². The second-order valence-corrected chi connectivity index (χ2v) is 5.45. The second-order valence-electron chi connectivity index (χ2n) is 5.45. The number of hydrogen-bond acceptors (Lipinski definition) is 2. The molecule has 1 unspecified atom stereocenters. The van der Waals surface area contributed by atoms with Crippen LogP contribution in [0.5, 0.6) is 5.75 Å². The van der Waals surface area contributed by atoms with Crippen molar-refractivity contribution in [2.24, 2.45) is 0 Å². The molecule has 0 saturated carbocycles. The zero-order chi connectivity index (χ0) is 14.1. The summed E-state index contributed by atoms with van der Waals surface area (Å²) in [5.41, 5.74) is 4.55. The van der Waals surface area contributed by atoms with Crippen molar-refractivity contribution in [1.29, 1.82) is 0 Å². The third-order valence-corrected chi connectivity index (χ3v) is 4.01. The van der Waals surface area contributed by atoms with Gasteiger partial charge in [-0.05, 0) is 36.6 Å². The van der Waals surface area contributed by atoms with E-state index in [0.717, 1.165) is 23.3 Å². The summed E-state index contributed by atoms with van der Waals surface area (Å²) >= 11 is 0. The van der Waals surface area contributed by atoms with Crippen molar-refractivity contribution in [2.75, 3.05) is 0 Å². The van der Waals surface area contributed by atoms with E-state index in [9.17, 15) is 5.11 Å². The molecular weight excluding hydrogens is 248 g/mol. The second kappa shape index (κ2) is 5.29. The van der Waals surface area contributed by atoms with E-state index in [1.54, 1.807) is 0 Å². The highest BCUT2D eigenvalue weighted by molar-refractivity contribution is 5.42. The van der Waals surface area contributed by atoms with E-state index in [4.69, 9.17) is 4.74 Å². The number of rotatable bonds is 2. The first kappa shape index (κ1) is 13.2. The van der Waals surface area contributed by atoms with Gasteiger partial charge in [0.1, 0.15) is 11.9 Å². The largest absolute Gasteiger partial charge is 0.485 e. The predicted molar refractivity (Wildman–Crippen MR) is 79.9 cm³/mol. The van der Waals surface area contributed by atoms with E-state index in [1.165, 1.54) is 11.1 Å². The minimum atomic E-state index is -0.450. The lowest BCUT2D eigenvalue weighted by atomic mass is 9.91. The summed E-state index contributed by atoms with van der Waals surface area (Å²) < 4.78 is 6.13. The molecule has 1 heterocycles. The Morgan fingerprint density at radius 2 is 1.95 bits per heavy atom. The van der Waals surface area contributed by atoms with Gasteiger partial charge in [0.2, 0.25) is 0 Å². The van der Waals surface area contributed by atoms with Gasteiger partial charge in [-0.25, -0.2) is 0 Å². The lowest BCUT2D eigenvalue weighted by Crippen LogP contribution is -2.20. The maximum Gasteiger partial charge on any atom is 0.127 e. The maximum atomic E-state index is 10.4. The molecule has 0 radical (unpaired) electrons. The Kier molecular flexibility index (Phi) is 3.49. The Bertz CT molecular complexity index is 619. The molecule has 2 heteroatoms. The molecule has 0 spiro atoms. The average molecular weight is 268 g/mol. The SMILES string of the molecule is CCc1ccccc1C1C[C@H](O)c2cc(C)ccc2O1. The van der Waals surface area contributed by atoms with Gasteiger partial charge in [-0.15, -0.1) is 0 Å². The van der Waals surface area contributed by atoms with Crippen LogP contribution in [-0.4, -0.2) is 5.11 Å². The Hall–Kier alpha value is -1.80. The molecule has 1 N–H and O–H groups in total. The zero-order valence-electron chi connectivity index (χ0n) is 12.0. The number of aliphatic hydroxyl groups excluding tert-OH is 1. The minimum Gasteiger partial charge on any atom is -0.485 e. The average Bonchev–Trinajstić information content (AvgIpc) is 2.47. The third kappa shape index (κ3) is 2.32. The van der Waals surface area contributed by atoms with Gasteiger partial charge in [0, 0.05) is 12.0 Å². The molecule has 0 fully saturated rings. The van der Waals surface area contributed by atoms with Crippen molar-refractivity contribution in [2.45, 2.75) is 38.9 Å². The lowest BCUT2D eigenvalue weighted by molar-refractivity contribution is 0.0653. The Morgan fingerprint density at radius 1 is 1.15 bits per heavy atom. The molecule has 2 atom stereocenters. The van der Waals surface area contributed by atoms with E-state index in [1.807, 2.05) is 31.2 Å². The highest BCUT2D eigenvalue weighted by atomic mass is 16.5. The fraction of sp³-hybridized carbons (Fsp3) is 0.333. The summed E-state index contributed by atoms with van der Waals surface area (Å²) in [5, 5.41) is 10.4. The Balaban J connectivity index is 1.97. The Morgan fingerprint density at radius 3 is 2.75 bits per heavy atom. The monoisotopic (exact) mass is 268 g/mol. The first-order valence-electron chi connectivity index (χ1n) is 7.22. The third-order valence-electron chi connectivity index (χ3n) is 4.01. The van der Waals surface area contributed by atoms with Crippen LogP contribution in [-0.2, 0) is 6.42 Å². The summed E-state index contributed by atoms with van der Waals surface area (Å²) in [5.74, 6) is 0.810. The fourth-order valence-corrected chi connectivity index (χ4v) is 2.93. The van der Waals surface area contributed by atoms with Crippen LogP contribution < -0.4 is 4.74 Å². The van der Waals surface area contributed by atoms with Gasteiger partial charge in [0.05, 0.1) is 6.10 Å². The fourth-order valence-electron chi connectivity index (χ4n) is 2.93. The zero-order valence-corrected chi connectivity index (χ0v) is 12.0. The first-order chi connectivity index (χ1) is 9.69. The molecule has 0 aromatic heterocycles. The van der Waals surface area contributed by atoms with Gasteiger partial charge in [-0.3, -0.25) is 0 Å². The summed E-state index contributed by atoms with van der Waals surface area (Å²) in [6.07, 6.45) is 1.09. The molecule has 1 aliphatic heterocycles. The molecule has 2 aromatic carbocycles. The molecule has 1 aliphatic rings. The highest BCUT2D eigenvalue weighted by Crippen LogP contribution is 2.41. The quantitative estimate of drug-likeness (QED) is 0.888. The van der Waals surface area contributed by atoms with Crippen molar-refractivity contribution in [3.63, 3.8) is 0 Å². The number of fused-ring (bicyclic) bond motifs is 1. The molecule has 2 nitrogen and oxygen atoms in total. The summed E-state index contributed by atoms with van der Waals surface area (Å²) in [6, 6.07) is 14.3. The number of benzene rings is 2. The van der Waals surface area contributed by atoms with E-state index in [2.05, 4.69) is 25.1 Å². The summed E-state index contributed by atoms with van der Waals surface area (Å²) in [7, 11) is 0. The van der Waals surface area contributed by atoms with Gasteiger partial charge in [0.15, 0.2) is 0 Å². The van der Waals surface area contributed by atoms with Gasteiger partial charge in [0.25, 0.3) is 0 Å². The van der Waals surface area contributed by atoms with Crippen molar-refractivity contribution in [3.05, 3.63) is 64.7 Å². The maximum absolute atomic E-state index is 10.4.